The first-order chi connectivity index (χ1) is 16.3. The molecule has 0 saturated carbocycles. The molecule has 1 aliphatic heterocycles. The highest BCUT2D eigenvalue weighted by Crippen LogP contribution is 2.40. The summed E-state index contributed by atoms with van der Waals surface area (Å²) < 4.78 is 5.22. The number of likely N-dealkylation sites (tertiary alicyclic amines) is 1. The van der Waals surface area contributed by atoms with E-state index in [1.807, 2.05) is 49.3 Å². The summed E-state index contributed by atoms with van der Waals surface area (Å²) in [6.45, 7) is 2.12. The van der Waals surface area contributed by atoms with Gasteiger partial charge in [-0.05, 0) is 48.6 Å². The van der Waals surface area contributed by atoms with E-state index in [1.54, 1.807) is 36.4 Å². The second kappa shape index (κ2) is 9.49. The molecule has 1 heterocycles. The molecule has 1 amide bonds. The zero-order valence-electron chi connectivity index (χ0n) is 19.3. The van der Waals surface area contributed by atoms with Gasteiger partial charge in [-0.2, -0.15) is 0 Å². The lowest BCUT2D eigenvalue weighted by atomic mass is 9.94. The monoisotopic (exact) mass is 458 g/mol. The third kappa shape index (κ3) is 4.56. The molecule has 1 unspecified atom stereocenters. The maximum Gasteiger partial charge on any atom is 0.308 e. The van der Waals surface area contributed by atoms with E-state index >= 15 is 0 Å². The highest BCUT2D eigenvalue weighted by atomic mass is 16.5. The van der Waals surface area contributed by atoms with Gasteiger partial charge < -0.3 is 19.6 Å². The van der Waals surface area contributed by atoms with Gasteiger partial charge in [-0.25, -0.2) is 0 Å². The molecule has 4 rings (SSSR count). The Morgan fingerprint density at radius 2 is 1.74 bits per heavy atom. The number of aliphatic hydroxyl groups excluding tert-OH is 1. The summed E-state index contributed by atoms with van der Waals surface area (Å²) in [7, 11) is 3.75. The molecule has 34 heavy (non-hydrogen) atoms. The maximum absolute atomic E-state index is 13.2. The number of likely N-dealkylation sites (N-methyl/N-ethyl adjacent to an activating group) is 1. The topological polar surface area (TPSA) is 87.1 Å². The van der Waals surface area contributed by atoms with Crippen LogP contribution in [-0.2, 0) is 14.4 Å². The number of hydrogen-bond donors (Lipinski definition) is 1. The van der Waals surface area contributed by atoms with Crippen LogP contribution in [0.5, 0.6) is 5.75 Å². The van der Waals surface area contributed by atoms with E-state index in [0.717, 1.165) is 10.8 Å². The van der Waals surface area contributed by atoms with E-state index in [1.165, 1.54) is 11.8 Å². The average Bonchev–Trinajstić information content (AvgIpc) is 3.06. The van der Waals surface area contributed by atoms with Gasteiger partial charge in [-0.1, -0.05) is 48.5 Å². The first kappa shape index (κ1) is 23.2. The minimum absolute atomic E-state index is 0.0130. The number of nitrogens with zero attached hydrogens (tertiary/aromatic N) is 2. The summed E-state index contributed by atoms with van der Waals surface area (Å²) in [6, 6.07) is 19.0. The summed E-state index contributed by atoms with van der Waals surface area (Å²) in [5.41, 5.74) is 1.03. The summed E-state index contributed by atoms with van der Waals surface area (Å²) in [4.78, 5) is 41.1. The molecule has 3 aromatic rings. The minimum atomic E-state index is -0.818. The second-order valence-corrected chi connectivity index (χ2v) is 8.52. The normalized spacial score (nSPS) is 17.5. The molecule has 0 radical (unpaired) electrons. The number of ether oxygens (including phenoxy) is 1. The molecule has 1 atom stereocenters. The molecule has 0 bridgehead atoms. The summed E-state index contributed by atoms with van der Waals surface area (Å²) in [5, 5.41) is 13.2. The molecular weight excluding hydrogens is 432 g/mol. The predicted octanol–water partition coefficient (Wildman–Crippen LogP) is 3.75. The SMILES string of the molecule is CC(=O)Oc1cccc(C2/C(=C(/O)c3ccc4ccccc4c3)C(=O)C(=O)N2CCN(C)C)c1. The minimum Gasteiger partial charge on any atom is -0.507 e. The van der Waals surface area contributed by atoms with Crippen LogP contribution in [0.1, 0.15) is 24.1 Å². The fourth-order valence-electron chi connectivity index (χ4n) is 4.17. The van der Waals surface area contributed by atoms with Crippen molar-refractivity contribution >= 4 is 34.2 Å². The van der Waals surface area contributed by atoms with Crippen LogP contribution < -0.4 is 4.74 Å². The number of benzene rings is 3. The van der Waals surface area contributed by atoms with E-state index in [4.69, 9.17) is 4.74 Å². The Kier molecular flexibility index (Phi) is 6.47. The molecule has 0 spiro atoms. The van der Waals surface area contributed by atoms with Gasteiger partial charge >= 0.3 is 5.97 Å². The zero-order valence-corrected chi connectivity index (χ0v) is 19.3. The predicted molar refractivity (Wildman–Crippen MR) is 129 cm³/mol. The zero-order chi connectivity index (χ0) is 24.4. The van der Waals surface area contributed by atoms with Gasteiger partial charge in [0.05, 0.1) is 11.6 Å². The van der Waals surface area contributed by atoms with Crippen molar-refractivity contribution in [3.8, 4) is 5.75 Å². The number of esters is 1. The molecule has 7 heteroatoms. The van der Waals surface area contributed by atoms with Crippen LogP contribution in [0.25, 0.3) is 16.5 Å². The Bertz CT molecular complexity index is 1310. The van der Waals surface area contributed by atoms with Crippen LogP contribution >= 0.6 is 0 Å². The lowest BCUT2D eigenvalue weighted by Gasteiger charge is -2.26. The van der Waals surface area contributed by atoms with E-state index in [-0.39, 0.29) is 17.9 Å². The number of fused-ring (bicyclic) bond motifs is 1. The highest BCUT2D eigenvalue weighted by Gasteiger charge is 2.46. The molecule has 174 valence electrons. The summed E-state index contributed by atoms with van der Waals surface area (Å²) in [5.74, 6) is -1.83. The molecule has 1 N–H and O–H groups in total. The Labute approximate surface area is 197 Å². The van der Waals surface area contributed by atoms with E-state index < -0.39 is 23.7 Å². The molecule has 0 aromatic heterocycles. The van der Waals surface area contributed by atoms with E-state index in [2.05, 4.69) is 0 Å². The van der Waals surface area contributed by atoms with Crippen molar-refractivity contribution in [2.75, 3.05) is 27.2 Å². The quantitative estimate of drug-likeness (QED) is 0.199. The molecule has 0 aliphatic carbocycles. The van der Waals surface area contributed by atoms with E-state index in [9.17, 15) is 19.5 Å². The van der Waals surface area contributed by atoms with Gasteiger partial charge in [0.2, 0.25) is 0 Å². The van der Waals surface area contributed by atoms with Crippen molar-refractivity contribution in [1.29, 1.82) is 0 Å². The lowest BCUT2D eigenvalue weighted by molar-refractivity contribution is -0.140. The van der Waals surface area contributed by atoms with Gasteiger partial charge in [0.1, 0.15) is 11.5 Å². The first-order valence-electron chi connectivity index (χ1n) is 11.0. The Hall–Kier alpha value is -3.97. The maximum atomic E-state index is 13.2. The number of Topliss-reactive ketones (excluding diaryl/α,β-unsaturated/α-hetero) is 1. The highest BCUT2D eigenvalue weighted by molar-refractivity contribution is 6.46. The van der Waals surface area contributed by atoms with Gasteiger partial charge in [0, 0.05) is 25.6 Å². The number of rotatable bonds is 6. The standard InChI is InChI=1S/C27H26N2O5/c1-17(30)34-22-10-6-9-20(16-22)24-23(26(32)27(33)29(24)14-13-28(2)3)25(31)21-12-11-18-7-4-5-8-19(18)15-21/h4-12,15-16,24,31H,13-14H2,1-3H3/b25-23-. The Morgan fingerprint density at radius 1 is 1.00 bits per heavy atom. The Balaban J connectivity index is 1.86. The second-order valence-electron chi connectivity index (χ2n) is 8.52. The average molecular weight is 459 g/mol. The van der Waals surface area contributed by atoms with Gasteiger partial charge in [-0.3, -0.25) is 14.4 Å². The van der Waals surface area contributed by atoms with Gasteiger partial charge in [0.25, 0.3) is 11.7 Å². The van der Waals surface area contributed by atoms with Crippen LogP contribution in [-0.4, -0.2) is 59.8 Å². The van der Waals surface area contributed by atoms with Crippen molar-refractivity contribution in [2.24, 2.45) is 0 Å². The number of carbonyl (C=O) groups is 3. The smallest absolute Gasteiger partial charge is 0.308 e. The van der Waals surface area contributed by atoms with Crippen LogP contribution in [0.3, 0.4) is 0 Å². The van der Waals surface area contributed by atoms with Crippen LogP contribution in [0.15, 0.2) is 72.3 Å². The fraction of sp³-hybridized carbons (Fsp3) is 0.222. The Morgan fingerprint density at radius 3 is 2.44 bits per heavy atom. The molecule has 1 fully saturated rings. The number of ketones is 1. The van der Waals surface area contributed by atoms with Crippen molar-refractivity contribution in [3.63, 3.8) is 0 Å². The van der Waals surface area contributed by atoms with Crippen LogP contribution in [0.4, 0.5) is 0 Å². The number of carbonyl (C=O) groups excluding carboxylic acids is 3. The van der Waals surface area contributed by atoms with Crippen molar-refractivity contribution < 1.29 is 24.2 Å². The van der Waals surface area contributed by atoms with Crippen LogP contribution in [0.2, 0.25) is 0 Å². The largest absolute Gasteiger partial charge is 0.507 e. The molecule has 3 aromatic carbocycles. The van der Waals surface area contributed by atoms with Gasteiger partial charge in [-0.15, -0.1) is 0 Å². The summed E-state index contributed by atoms with van der Waals surface area (Å²) >= 11 is 0. The summed E-state index contributed by atoms with van der Waals surface area (Å²) in [6.07, 6.45) is 0. The van der Waals surface area contributed by atoms with Crippen molar-refractivity contribution in [2.45, 2.75) is 13.0 Å². The van der Waals surface area contributed by atoms with Crippen LogP contribution in [0, 0.1) is 0 Å². The number of aliphatic hydroxyl groups is 1. The van der Waals surface area contributed by atoms with Crippen molar-refractivity contribution in [1.82, 2.24) is 9.80 Å². The third-order valence-corrected chi connectivity index (χ3v) is 5.79. The molecular formula is C27H26N2O5. The fourth-order valence-corrected chi connectivity index (χ4v) is 4.17. The lowest BCUT2D eigenvalue weighted by Crippen LogP contribution is -2.35. The van der Waals surface area contributed by atoms with E-state index in [0.29, 0.717) is 23.4 Å². The first-order valence-corrected chi connectivity index (χ1v) is 11.0. The number of amides is 1. The number of hydrogen-bond acceptors (Lipinski definition) is 6. The molecule has 1 aliphatic rings. The van der Waals surface area contributed by atoms with Crippen molar-refractivity contribution in [3.05, 3.63) is 83.4 Å². The third-order valence-electron chi connectivity index (χ3n) is 5.79. The van der Waals surface area contributed by atoms with Gasteiger partial charge in [0.15, 0.2) is 0 Å². The molecule has 7 nitrogen and oxygen atoms in total. The molecule has 1 saturated heterocycles.